The third kappa shape index (κ3) is 5.24. The van der Waals surface area contributed by atoms with Crippen molar-refractivity contribution in [3.05, 3.63) is 105 Å². The van der Waals surface area contributed by atoms with E-state index in [4.69, 9.17) is 37.1 Å². The maximum atomic E-state index is 13.8. The molecule has 0 aliphatic carbocycles. The number of furan rings is 1. The van der Waals surface area contributed by atoms with E-state index < -0.39 is 12.0 Å². The number of aromatic nitrogens is 1. The predicted octanol–water partition coefficient (Wildman–Crippen LogP) is 6.14. The first-order valence-electron chi connectivity index (χ1n) is 11.8. The molecule has 0 N–H and O–H groups in total. The lowest BCUT2D eigenvalue weighted by Gasteiger charge is -2.25. The zero-order valence-corrected chi connectivity index (χ0v) is 24.9. The van der Waals surface area contributed by atoms with Gasteiger partial charge in [0.25, 0.3) is 5.56 Å². The van der Waals surface area contributed by atoms with E-state index in [0.29, 0.717) is 63.5 Å². The number of carbonyl (C=O) groups is 1. The highest BCUT2D eigenvalue weighted by Crippen LogP contribution is 2.35. The summed E-state index contributed by atoms with van der Waals surface area (Å²) in [5, 5.41) is 0.975. The summed E-state index contributed by atoms with van der Waals surface area (Å²) >= 11 is 17.1. The van der Waals surface area contributed by atoms with Gasteiger partial charge in [-0.25, -0.2) is 9.79 Å². The monoisotopic (exact) mass is 646 g/mol. The molecule has 3 heterocycles. The third-order valence-electron chi connectivity index (χ3n) is 6.11. The van der Waals surface area contributed by atoms with E-state index in [2.05, 4.69) is 20.9 Å². The van der Waals surface area contributed by atoms with Crippen molar-refractivity contribution in [2.45, 2.75) is 19.9 Å². The van der Waals surface area contributed by atoms with Gasteiger partial charge in [-0.2, -0.15) is 0 Å². The van der Waals surface area contributed by atoms with E-state index in [9.17, 15) is 9.59 Å². The molecule has 5 rings (SSSR count). The Kier molecular flexibility index (Phi) is 7.87. The number of nitrogens with zero attached hydrogens (tertiary/aromatic N) is 2. The zero-order chi connectivity index (χ0) is 27.8. The first-order chi connectivity index (χ1) is 18.7. The predicted molar refractivity (Wildman–Crippen MR) is 155 cm³/mol. The highest BCUT2D eigenvalue weighted by molar-refractivity contribution is 9.10. The molecule has 0 amide bonds. The van der Waals surface area contributed by atoms with Gasteiger partial charge in [-0.3, -0.25) is 9.36 Å². The minimum Gasteiger partial charge on any atom is -0.496 e. The second kappa shape index (κ2) is 11.2. The number of fused-ring (bicyclic) bond motifs is 1. The van der Waals surface area contributed by atoms with Crippen LogP contribution < -0.4 is 19.6 Å². The molecule has 0 bridgehead atoms. The summed E-state index contributed by atoms with van der Waals surface area (Å²) in [6.45, 7) is 3.66. The van der Waals surface area contributed by atoms with Crippen LogP contribution >= 0.6 is 50.5 Å². The van der Waals surface area contributed by atoms with Crippen molar-refractivity contribution in [3.63, 3.8) is 0 Å². The Morgan fingerprint density at radius 2 is 2.00 bits per heavy atom. The van der Waals surface area contributed by atoms with Crippen molar-refractivity contribution >= 4 is 62.5 Å². The topological polar surface area (TPSA) is 83.0 Å². The van der Waals surface area contributed by atoms with E-state index in [-0.39, 0.29) is 12.2 Å². The Hall–Kier alpha value is -3.11. The van der Waals surface area contributed by atoms with E-state index in [0.717, 1.165) is 0 Å². The number of thiazole rings is 1. The van der Waals surface area contributed by atoms with Crippen molar-refractivity contribution in [2.24, 2.45) is 4.99 Å². The number of halogens is 3. The lowest BCUT2D eigenvalue weighted by Crippen LogP contribution is -2.39. The highest BCUT2D eigenvalue weighted by Gasteiger charge is 2.33. The van der Waals surface area contributed by atoms with Gasteiger partial charge in [0.05, 0.1) is 45.1 Å². The lowest BCUT2D eigenvalue weighted by atomic mass is 9.96. The second-order valence-electron chi connectivity index (χ2n) is 8.52. The molecule has 2 aromatic carbocycles. The maximum absolute atomic E-state index is 13.8. The third-order valence-corrected chi connectivity index (χ3v) is 8.26. The number of esters is 1. The van der Waals surface area contributed by atoms with Crippen LogP contribution in [0.5, 0.6) is 5.75 Å². The number of hydrogen-bond donors (Lipinski definition) is 0. The molecule has 1 aliphatic heterocycles. The van der Waals surface area contributed by atoms with Gasteiger partial charge in [0, 0.05) is 16.7 Å². The Balaban J connectivity index is 1.65. The van der Waals surface area contributed by atoms with E-state index in [1.165, 1.54) is 15.9 Å². The van der Waals surface area contributed by atoms with Crippen LogP contribution in [0.3, 0.4) is 0 Å². The molecule has 0 fully saturated rings. The van der Waals surface area contributed by atoms with Crippen LogP contribution in [-0.4, -0.2) is 24.3 Å². The molecule has 0 radical (unpaired) electrons. The summed E-state index contributed by atoms with van der Waals surface area (Å²) in [5.74, 6) is 1.10. The summed E-state index contributed by atoms with van der Waals surface area (Å²) in [6, 6.07) is 13.3. The van der Waals surface area contributed by atoms with Crippen molar-refractivity contribution in [3.8, 4) is 17.1 Å². The standard InChI is InChI=1S/C28H21BrCl2N2O5S/c1-4-37-27(35)24-14(2)32-28-33(25(24)15-5-9-22(36-3)19(29)11-15)26(34)23(39-28)13-17-7-10-21(38-17)18-8-6-16(30)12-20(18)31/h5-13,25H,4H2,1-3H3/b23-13+/t25-/m0/s1. The van der Waals surface area contributed by atoms with Crippen LogP contribution in [0.4, 0.5) is 0 Å². The van der Waals surface area contributed by atoms with Crippen LogP contribution in [0.25, 0.3) is 17.4 Å². The van der Waals surface area contributed by atoms with Crippen LogP contribution in [-0.2, 0) is 9.53 Å². The quantitative estimate of drug-likeness (QED) is 0.235. The smallest absolute Gasteiger partial charge is 0.338 e. The summed E-state index contributed by atoms with van der Waals surface area (Å²) in [7, 11) is 1.57. The molecule has 0 saturated heterocycles. The Labute approximate surface area is 245 Å². The Morgan fingerprint density at radius 3 is 2.69 bits per heavy atom. The van der Waals surface area contributed by atoms with Crippen LogP contribution in [0.2, 0.25) is 10.0 Å². The Morgan fingerprint density at radius 1 is 1.21 bits per heavy atom. The van der Waals surface area contributed by atoms with E-state index >= 15 is 0 Å². The molecule has 200 valence electrons. The van der Waals surface area contributed by atoms with Gasteiger partial charge in [0.1, 0.15) is 17.3 Å². The number of benzene rings is 2. The molecule has 0 saturated carbocycles. The number of methoxy groups -OCH3 is 1. The molecule has 2 aromatic heterocycles. The molecule has 11 heteroatoms. The fourth-order valence-electron chi connectivity index (χ4n) is 4.35. The molecule has 1 atom stereocenters. The van der Waals surface area contributed by atoms with Crippen molar-refractivity contribution in [1.82, 2.24) is 4.57 Å². The average molecular weight is 648 g/mol. The number of rotatable bonds is 6. The molecular weight excluding hydrogens is 627 g/mol. The molecule has 7 nitrogen and oxygen atoms in total. The molecular formula is C28H21BrCl2N2O5S. The van der Waals surface area contributed by atoms with Crippen LogP contribution in [0.15, 0.2) is 78.5 Å². The van der Waals surface area contributed by atoms with Gasteiger partial charge in [-0.1, -0.05) is 40.6 Å². The summed E-state index contributed by atoms with van der Waals surface area (Å²) < 4.78 is 19.3. The lowest BCUT2D eigenvalue weighted by molar-refractivity contribution is -0.139. The van der Waals surface area contributed by atoms with Gasteiger partial charge >= 0.3 is 5.97 Å². The normalized spacial score (nSPS) is 15.2. The molecule has 0 spiro atoms. The Bertz CT molecular complexity index is 1820. The fourth-order valence-corrected chi connectivity index (χ4v) is 6.44. The fraction of sp³-hybridized carbons (Fsp3) is 0.179. The zero-order valence-electron chi connectivity index (χ0n) is 21.0. The summed E-state index contributed by atoms with van der Waals surface area (Å²) in [6.07, 6.45) is 1.65. The molecule has 1 aliphatic rings. The minimum absolute atomic E-state index is 0.192. The first-order valence-corrected chi connectivity index (χ1v) is 14.2. The van der Waals surface area contributed by atoms with Crippen LogP contribution in [0.1, 0.15) is 31.2 Å². The highest BCUT2D eigenvalue weighted by atomic mass is 79.9. The number of hydrogen-bond acceptors (Lipinski definition) is 7. The summed E-state index contributed by atoms with van der Waals surface area (Å²) in [4.78, 5) is 31.9. The average Bonchev–Trinajstić information content (AvgIpc) is 3.47. The van der Waals surface area contributed by atoms with E-state index in [1.807, 2.05) is 12.1 Å². The number of allylic oxidation sites excluding steroid dienone is 1. The second-order valence-corrected chi connectivity index (χ2v) is 11.2. The van der Waals surface area contributed by atoms with Gasteiger partial charge in [0.15, 0.2) is 4.80 Å². The number of ether oxygens (including phenoxy) is 2. The minimum atomic E-state index is -0.746. The van der Waals surface area contributed by atoms with E-state index in [1.54, 1.807) is 63.4 Å². The van der Waals surface area contributed by atoms with Gasteiger partial charge in [-0.15, -0.1) is 0 Å². The van der Waals surface area contributed by atoms with Crippen molar-refractivity contribution in [1.29, 1.82) is 0 Å². The van der Waals surface area contributed by atoms with Crippen molar-refractivity contribution < 1.29 is 18.7 Å². The first kappa shape index (κ1) is 27.5. The molecule has 39 heavy (non-hydrogen) atoms. The molecule has 4 aromatic rings. The molecule has 0 unspecified atom stereocenters. The largest absolute Gasteiger partial charge is 0.496 e. The van der Waals surface area contributed by atoms with Crippen LogP contribution in [0, 0.1) is 0 Å². The SMILES string of the molecule is CCOC(=O)C1=C(C)N=c2s/c(=C/c3ccc(-c4ccc(Cl)cc4Cl)o3)c(=O)n2[C@H]1c1ccc(OC)c(Br)c1. The van der Waals surface area contributed by atoms with Gasteiger partial charge in [0.2, 0.25) is 0 Å². The van der Waals surface area contributed by atoms with Gasteiger partial charge in [-0.05, 0) is 77.8 Å². The van der Waals surface area contributed by atoms with Crippen molar-refractivity contribution in [2.75, 3.05) is 13.7 Å². The van der Waals surface area contributed by atoms with Gasteiger partial charge < -0.3 is 13.9 Å². The maximum Gasteiger partial charge on any atom is 0.338 e. The number of carbonyl (C=O) groups excluding carboxylic acids is 1. The summed E-state index contributed by atoms with van der Waals surface area (Å²) in [5.41, 5.74) is 1.85.